The Labute approximate surface area is 170 Å². The first-order valence-electron chi connectivity index (χ1n) is 10.7. The van der Waals surface area contributed by atoms with E-state index in [1.807, 2.05) is 18.2 Å². The molecule has 0 amide bonds. The summed E-state index contributed by atoms with van der Waals surface area (Å²) in [5, 5.41) is 2.91. The van der Waals surface area contributed by atoms with Crippen LogP contribution in [0.3, 0.4) is 0 Å². The fourth-order valence-electron chi connectivity index (χ4n) is 3.21. The molecule has 2 nitrogen and oxygen atoms in total. The van der Waals surface area contributed by atoms with Crippen LogP contribution in [0.25, 0.3) is 10.8 Å². The van der Waals surface area contributed by atoms with Crippen molar-refractivity contribution in [2.75, 3.05) is 13.2 Å². The van der Waals surface area contributed by atoms with E-state index >= 15 is 0 Å². The number of benzene rings is 2. The lowest BCUT2D eigenvalue weighted by atomic mass is 10.1. The number of ether oxygens (including phenoxy) is 2. The maximum Gasteiger partial charge on any atom is 0.138 e. The number of halogens is 1. The molecular formula is C24H35ClO2. The highest BCUT2D eigenvalue weighted by Crippen LogP contribution is 2.32. The monoisotopic (exact) mass is 390 g/mol. The molecule has 0 aromatic heterocycles. The number of fused-ring (bicyclic) bond motifs is 1. The van der Waals surface area contributed by atoms with E-state index in [2.05, 4.69) is 26.0 Å². The van der Waals surface area contributed by atoms with Crippen LogP contribution < -0.4 is 9.47 Å². The Kier molecular flexibility index (Phi) is 10.4. The molecule has 0 bridgehead atoms. The Morgan fingerprint density at radius 3 is 1.96 bits per heavy atom. The van der Waals surface area contributed by atoms with Crippen LogP contribution in [-0.4, -0.2) is 13.2 Å². The zero-order valence-electron chi connectivity index (χ0n) is 17.1. The van der Waals surface area contributed by atoms with E-state index < -0.39 is 0 Å². The van der Waals surface area contributed by atoms with E-state index in [9.17, 15) is 0 Å². The fraction of sp³-hybridized carbons (Fsp3) is 0.583. The number of hydrogen-bond acceptors (Lipinski definition) is 2. The molecular weight excluding hydrogens is 356 g/mol. The highest BCUT2D eigenvalue weighted by atomic mass is 35.5. The Balaban J connectivity index is 1.87. The highest BCUT2D eigenvalue weighted by molar-refractivity contribution is 6.32. The van der Waals surface area contributed by atoms with Crippen molar-refractivity contribution in [2.45, 2.75) is 78.1 Å². The molecule has 2 aromatic rings. The molecule has 0 unspecified atom stereocenters. The van der Waals surface area contributed by atoms with Crippen LogP contribution in [0.4, 0.5) is 0 Å². The number of rotatable bonds is 14. The Bertz CT molecular complexity index is 669. The van der Waals surface area contributed by atoms with E-state index in [-0.39, 0.29) is 0 Å². The topological polar surface area (TPSA) is 18.5 Å². The van der Waals surface area contributed by atoms with Gasteiger partial charge in [-0.15, -0.1) is 0 Å². The fourth-order valence-corrected chi connectivity index (χ4v) is 3.44. The van der Waals surface area contributed by atoms with Crippen molar-refractivity contribution in [2.24, 2.45) is 0 Å². The Morgan fingerprint density at radius 1 is 0.667 bits per heavy atom. The van der Waals surface area contributed by atoms with Crippen LogP contribution in [0.2, 0.25) is 5.02 Å². The van der Waals surface area contributed by atoms with Crippen molar-refractivity contribution < 1.29 is 9.47 Å². The molecule has 0 aliphatic heterocycles. The van der Waals surface area contributed by atoms with Crippen molar-refractivity contribution in [3.8, 4) is 11.5 Å². The second-order valence-electron chi connectivity index (χ2n) is 7.32. The summed E-state index contributed by atoms with van der Waals surface area (Å²) in [5.41, 5.74) is 0. The van der Waals surface area contributed by atoms with Crippen molar-refractivity contribution in [3.05, 3.63) is 35.4 Å². The van der Waals surface area contributed by atoms with E-state index in [4.69, 9.17) is 21.1 Å². The van der Waals surface area contributed by atoms with Crippen molar-refractivity contribution in [1.82, 2.24) is 0 Å². The largest absolute Gasteiger partial charge is 0.494 e. The summed E-state index contributed by atoms with van der Waals surface area (Å²) in [7, 11) is 0. The third-order valence-electron chi connectivity index (χ3n) is 4.88. The summed E-state index contributed by atoms with van der Waals surface area (Å²) < 4.78 is 11.9. The van der Waals surface area contributed by atoms with Gasteiger partial charge in [0.15, 0.2) is 0 Å². The highest BCUT2D eigenvalue weighted by Gasteiger charge is 2.06. The molecule has 0 saturated carbocycles. The van der Waals surface area contributed by atoms with Crippen molar-refractivity contribution >= 4 is 22.4 Å². The SMILES string of the molecule is CCCCCCCOc1ccc2cc(Cl)c(OCCCCCCC)cc2c1. The van der Waals surface area contributed by atoms with Gasteiger partial charge >= 0.3 is 0 Å². The van der Waals surface area contributed by atoms with Gasteiger partial charge in [0.25, 0.3) is 0 Å². The summed E-state index contributed by atoms with van der Waals surface area (Å²) in [6, 6.07) is 10.2. The van der Waals surface area contributed by atoms with E-state index in [0.717, 1.165) is 48.3 Å². The molecule has 0 heterocycles. The summed E-state index contributed by atoms with van der Waals surface area (Å²) in [6.07, 6.45) is 12.4. The molecule has 0 aliphatic carbocycles. The molecule has 150 valence electrons. The molecule has 0 radical (unpaired) electrons. The zero-order valence-corrected chi connectivity index (χ0v) is 17.8. The van der Waals surface area contributed by atoms with Gasteiger partial charge in [-0.3, -0.25) is 0 Å². The Hall–Kier alpha value is -1.41. The smallest absolute Gasteiger partial charge is 0.138 e. The van der Waals surface area contributed by atoms with Crippen LogP contribution in [-0.2, 0) is 0 Å². The van der Waals surface area contributed by atoms with Gasteiger partial charge in [0, 0.05) is 0 Å². The molecule has 2 rings (SSSR count). The molecule has 0 fully saturated rings. The first-order valence-corrected chi connectivity index (χ1v) is 11.1. The standard InChI is InChI=1S/C24H35ClO2/c1-3-5-7-9-11-15-26-22-14-13-20-18-23(25)24(19-21(20)17-22)27-16-12-10-8-6-4-2/h13-14,17-19H,3-12,15-16H2,1-2H3. The first-order chi connectivity index (χ1) is 13.2. The normalized spacial score (nSPS) is 11.1. The molecule has 0 saturated heterocycles. The first kappa shape index (κ1) is 21.9. The summed E-state index contributed by atoms with van der Waals surface area (Å²) in [5.74, 6) is 1.70. The second-order valence-corrected chi connectivity index (χ2v) is 7.72. The van der Waals surface area contributed by atoms with Gasteiger partial charge in [-0.05, 0) is 47.9 Å². The van der Waals surface area contributed by atoms with Crippen LogP contribution in [0.1, 0.15) is 78.1 Å². The molecule has 3 heteroatoms. The van der Waals surface area contributed by atoms with Gasteiger partial charge in [-0.2, -0.15) is 0 Å². The predicted octanol–water partition coefficient (Wildman–Crippen LogP) is 8.19. The van der Waals surface area contributed by atoms with Gasteiger partial charge < -0.3 is 9.47 Å². The minimum Gasteiger partial charge on any atom is -0.494 e. The summed E-state index contributed by atoms with van der Waals surface area (Å²) >= 11 is 6.39. The van der Waals surface area contributed by atoms with Crippen LogP contribution in [0.15, 0.2) is 30.3 Å². The molecule has 2 aromatic carbocycles. The van der Waals surface area contributed by atoms with Crippen LogP contribution in [0.5, 0.6) is 11.5 Å². The van der Waals surface area contributed by atoms with Gasteiger partial charge in [-0.1, -0.05) is 82.9 Å². The number of hydrogen-bond donors (Lipinski definition) is 0. The van der Waals surface area contributed by atoms with Gasteiger partial charge in [0.2, 0.25) is 0 Å². The molecule has 0 N–H and O–H groups in total. The summed E-state index contributed by atoms with van der Waals surface area (Å²) in [4.78, 5) is 0. The molecule has 27 heavy (non-hydrogen) atoms. The lowest BCUT2D eigenvalue weighted by Gasteiger charge is -2.11. The van der Waals surface area contributed by atoms with Crippen molar-refractivity contribution in [1.29, 1.82) is 0 Å². The molecule has 0 spiro atoms. The van der Waals surface area contributed by atoms with Crippen LogP contribution >= 0.6 is 11.6 Å². The third-order valence-corrected chi connectivity index (χ3v) is 5.18. The molecule has 0 aliphatic rings. The van der Waals surface area contributed by atoms with E-state index in [1.54, 1.807) is 0 Å². The average molecular weight is 391 g/mol. The number of unbranched alkanes of at least 4 members (excludes halogenated alkanes) is 8. The summed E-state index contributed by atoms with van der Waals surface area (Å²) in [6.45, 7) is 5.98. The van der Waals surface area contributed by atoms with Crippen LogP contribution in [0, 0.1) is 0 Å². The predicted molar refractivity (Wildman–Crippen MR) is 117 cm³/mol. The maximum absolute atomic E-state index is 6.39. The Morgan fingerprint density at radius 2 is 1.30 bits per heavy atom. The van der Waals surface area contributed by atoms with E-state index in [1.165, 1.54) is 51.4 Å². The minimum atomic E-state index is 0.681. The second kappa shape index (κ2) is 12.9. The van der Waals surface area contributed by atoms with Crippen molar-refractivity contribution in [3.63, 3.8) is 0 Å². The third kappa shape index (κ3) is 8.01. The quantitative estimate of drug-likeness (QED) is 0.302. The molecule has 0 atom stereocenters. The van der Waals surface area contributed by atoms with E-state index in [0.29, 0.717) is 5.02 Å². The van der Waals surface area contributed by atoms with Gasteiger partial charge in [0.1, 0.15) is 11.5 Å². The zero-order chi connectivity index (χ0) is 19.3. The lowest BCUT2D eigenvalue weighted by molar-refractivity contribution is 0.304. The lowest BCUT2D eigenvalue weighted by Crippen LogP contribution is -1.99. The minimum absolute atomic E-state index is 0.681. The van der Waals surface area contributed by atoms with Gasteiger partial charge in [-0.25, -0.2) is 0 Å². The average Bonchev–Trinajstić information content (AvgIpc) is 2.67. The maximum atomic E-state index is 6.39. The van der Waals surface area contributed by atoms with Gasteiger partial charge in [0.05, 0.1) is 18.2 Å².